The second-order valence-electron chi connectivity index (χ2n) is 5.72. The average molecular weight is 311 g/mol. The summed E-state index contributed by atoms with van der Waals surface area (Å²) in [6.45, 7) is 0. The van der Waals surface area contributed by atoms with Crippen molar-refractivity contribution >= 4 is 29.2 Å². The Morgan fingerprint density at radius 1 is 1.29 bits per heavy atom. The second-order valence-corrected chi connectivity index (χ2v) is 6.11. The second kappa shape index (κ2) is 6.89. The summed E-state index contributed by atoms with van der Waals surface area (Å²) in [5.74, 6) is -1.00. The number of carbonyl (C=O) groups excluding carboxylic acids is 1. The van der Waals surface area contributed by atoms with Gasteiger partial charge in [0.25, 0.3) is 0 Å². The number of nitrogens with zero attached hydrogens (tertiary/aromatic N) is 1. The summed E-state index contributed by atoms with van der Waals surface area (Å²) in [4.78, 5) is 27.2. The van der Waals surface area contributed by atoms with Crippen LogP contribution in [0.15, 0.2) is 18.3 Å². The number of aromatic nitrogens is 1. The number of pyridine rings is 1. The van der Waals surface area contributed by atoms with Crippen LogP contribution in [0.5, 0.6) is 0 Å². The molecule has 0 aliphatic heterocycles. The quantitative estimate of drug-likeness (QED) is 0.816. The van der Waals surface area contributed by atoms with E-state index in [-0.39, 0.29) is 18.7 Å². The zero-order valence-corrected chi connectivity index (χ0v) is 12.5. The number of aliphatic carboxylic acids is 1. The lowest BCUT2D eigenvalue weighted by atomic mass is 9.69. The molecule has 0 atom stereocenters. The molecule has 0 aromatic carbocycles. The lowest BCUT2D eigenvalue weighted by Gasteiger charge is -2.35. The topological polar surface area (TPSA) is 79.3 Å². The van der Waals surface area contributed by atoms with Gasteiger partial charge in [-0.25, -0.2) is 4.98 Å². The molecular formula is C15H19ClN2O3. The first-order valence-electron chi connectivity index (χ1n) is 7.12. The van der Waals surface area contributed by atoms with Crippen LogP contribution in [0, 0.1) is 5.41 Å². The van der Waals surface area contributed by atoms with Gasteiger partial charge in [-0.1, -0.05) is 30.9 Å². The predicted octanol–water partition coefficient (Wildman–Crippen LogP) is 3.49. The fourth-order valence-electron chi connectivity index (χ4n) is 3.06. The molecule has 2 N–H and O–H groups in total. The van der Waals surface area contributed by atoms with E-state index in [2.05, 4.69) is 10.3 Å². The highest BCUT2D eigenvalue weighted by molar-refractivity contribution is 6.29. The van der Waals surface area contributed by atoms with Crippen molar-refractivity contribution in [2.75, 3.05) is 5.32 Å². The van der Waals surface area contributed by atoms with Gasteiger partial charge in [0, 0.05) is 18.3 Å². The maximum atomic E-state index is 12.2. The maximum absolute atomic E-state index is 12.2. The number of halogens is 1. The highest BCUT2D eigenvalue weighted by Crippen LogP contribution is 2.42. The molecule has 1 aliphatic carbocycles. The molecule has 0 unspecified atom stereocenters. The van der Waals surface area contributed by atoms with Crippen molar-refractivity contribution in [3.8, 4) is 0 Å². The number of carbonyl (C=O) groups is 2. The van der Waals surface area contributed by atoms with Gasteiger partial charge in [-0.15, -0.1) is 0 Å². The minimum absolute atomic E-state index is 0.0531. The highest BCUT2D eigenvalue weighted by atomic mass is 35.5. The van der Waals surface area contributed by atoms with Crippen LogP contribution < -0.4 is 5.32 Å². The maximum Gasteiger partial charge on any atom is 0.303 e. The van der Waals surface area contributed by atoms with Gasteiger partial charge in [0.05, 0.1) is 6.42 Å². The molecule has 0 spiro atoms. The Labute approximate surface area is 128 Å². The molecule has 1 aromatic heterocycles. The average Bonchev–Trinajstić information content (AvgIpc) is 2.38. The Morgan fingerprint density at radius 3 is 2.62 bits per heavy atom. The fraction of sp³-hybridized carbons (Fsp3) is 0.533. The van der Waals surface area contributed by atoms with Gasteiger partial charge in [-0.05, 0) is 30.4 Å². The molecule has 1 amide bonds. The van der Waals surface area contributed by atoms with E-state index in [1.807, 2.05) is 0 Å². The van der Waals surface area contributed by atoms with Crippen LogP contribution in [0.25, 0.3) is 0 Å². The van der Waals surface area contributed by atoms with Crippen LogP contribution in [-0.4, -0.2) is 22.0 Å². The van der Waals surface area contributed by atoms with E-state index in [1.165, 1.54) is 6.20 Å². The van der Waals surface area contributed by atoms with Crippen molar-refractivity contribution in [2.24, 2.45) is 5.41 Å². The Kier molecular flexibility index (Phi) is 5.17. The molecule has 0 bridgehead atoms. The van der Waals surface area contributed by atoms with Crippen LogP contribution in [0.2, 0.25) is 5.15 Å². The number of nitrogens with one attached hydrogen (secondary N) is 1. The molecule has 1 fully saturated rings. The van der Waals surface area contributed by atoms with Crippen molar-refractivity contribution in [3.63, 3.8) is 0 Å². The van der Waals surface area contributed by atoms with Crippen molar-refractivity contribution in [1.29, 1.82) is 0 Å². The van der Waals surface area contributed by atoms with Crippen LogP contribution in [0.1, 0.15) is 44.9 Å². The van der Waals surface area contributed by atoms with E-state index in [4.69, 9.17) is 16.7 Å². The van der Waals surface area contributed by atoms with E-state index in [0.717, 1.165) is 32.1 Å². The number of hydrogen-bond acceptors (Lipinski definition) is 3. The fourth-order valence-corrected chi connectivity index (χ4v) is 3.24. The Morgan fingerprint density at radius 2 is 2.00 bits per heavy atom. The van der Waals surface area contributed by atoms with Gasteiger partial charge in [0.2, 0.25) is 5.91 Å². The SMILES string of the molecule is O=C(O)CC1(CC(=O)Nc2ccnc(Cl)c2)CCCCC1. The molecule has 1 aliphatic rings. The van der Waals surface area contributed by atoms with Crippen molar-refractivity contribution in [3.05, 3.63) is 23.5 Å². The summed E-state index contributed by atoms with van der Waals surface area (Å²) >= 11 is 5.78. The number of hydrogen-bond donors (Lipinski definition) is 2. The van der Waals surface area contributed by atoms with Crippen LogP contribution in [0.3, 0.4) is 0 Å². The molecular weight excluding hydrogens is 292 g/mol. The van der Waals surface area contributed by atoms with Crippen LogP contribution >= 0.6 is 11.6 Å². The Hall–Kier alpha value is -1.62. The molecule has 2 rings (SSSR count). The molecule has 5 nitrogen and oxygen atoms in total. The smallest absolute Gasteiger partial charge is 0.303 e. The Balaban J connectivity index is 2.02. The number of amides is 1. The van der Waals surface area contributed by atoms with Gasteiger partial charge < -0.3 is 10.4 Å². The molecule has 21 heavy (non-hydrogen) atoms. The van der Waals surface area contributed by atoms with Gasteiger partial charge in [0.15, 0.2) is 0 Å². The summed E-state index contributed by atoms with van der Waals surface area (Å²) < 4.78 is 0. The van der Waals surface area contributed by atoms with Crippen molar-refractivity contribution in [2.45, 2.75) is 44.9 Å². The standard InChI is InChI=1S/C15H19ClN2O3/c16-12-8-11(4-7-17-12)18-13(19)9-15(10-14(20)21)5-2-1-3-6-15/h4,7-8H,1-3,5-6,9-10H2,(H,20,21)(H,17,18,19). The number of carboxylic acids is 1. The molecule has 0 radical (unpaired) electrons. The van der Waals surface area contributed by atoms with Gasteiger partial charge in [-0.3, -0.25) is 9.59 Å². The first-order valence-corrected chi connectivity index (χ1v) is 7.50. The molecule has 1 saturated carbocycles. The molecule has 1 aromatic rings. The largest absolute Gasteiger partial charge is 0.481 e. The third-order valence-corrected chi connectivity index (χ3v) is 4.19. The first-order chi connectivity index (χ1) is 9.99. The van der Waals surface area contributed by atoms with E-state index in [0.29, 0.717) is 10.8 Å². The minimum atomic E-state index is -0.836. The van der Waals surface area contributed by atoms with Crippen molar-refractivity contribution < 1.29 is 14.7 Å². The lowest BCUT2D eigenvalue weighted by molar-refractivity contribution is -0.140. The Bertz CT molecular complexity index is 527. The number of anilines is 1. The van der Waals surface area contributed by atoms with Crippen LogP contribution in [0.4, 0.5) is 5.69 Å². The zero-order chi connectivity index (χ0) is 15.3. The summed E-state index contributed by atoms with van der Waals surface area (Å²) in [6, 6.07) is 3.23. The summed E-state index contributed by atoms with van der Waals surface area (Å²) in [5.41, 5.74) is 0.173. The van der Waals surface area contributed by atoms with Crippen LogP contribution in [-0.2, 0) is 9.59 Å². The van der Waals surface area contributed by atoms with E-state index in [1.54, 1.807) is 12.1 Å². The monoisotopic (exact) mass is 310 g/mol. The summed E-state index contributed by atoms with van der Waals surface area (Å²) in [5, 5.41) is 12.2. The summed E-state index contributed by atoms with van der Waals surface area (Å²) in [6.07, 6.45) is 6.49. The predicted molar refractivity (Wildman–Crippen MR) is 80.3 cm³/mol. The van der Waals surface area contributed by atoms with E-state index < -0.39 is 11.4 Å². The third-order valence-electron chi connectivity index (χ3n) is 3.99. The van der Waals surface area contributed by atoms with E-state index in [9.17, 15) is 9.59 Å². The lowest BCUT2D eigenvalue weighted by Crippen LogP contribution is -2.32. The molecule has 6 heteroatoms. The molecule has 0 saturated heterocycles. The summed E-state index contributed by atoms with van der Waals surface area (Å²) in [7, 11) is 0. The number of rotatable bonds is 5. The van der Waals surface area contributed by atoms with Gasteiger partial charge in [-0.2, -0.15) is 0 Å². The first kappa shape index (κ1) is 15.8. The van der Waals surface area contributed by atoms with Gasteiger partial charge in [0.1, 0.15) is 5.15 Å². The highest BCUT2D eigenvalue weighted by Gasteiger charge is 2.36. The van der Waals surface area contributed by atoms with Crippen molar-refractivity contribution in [1.82, 2.24) is 4.98 Å². The molecule has 1 heterocycles. The molecule has 114 valence electrons. The number of carboxylic acid groups (broad SMARTS) is 1. The minimum Gasteiger partial charge on any atom is -0.481 e. The van der Waals surface area contributed by atoms with E-state index >= 15 is 0 Å². The third kappa shape index (κ3) is 4.70. The normalized spacial score (nSPS) is 17.2. The van der Waals surface area contributed by atoms with Gasteiger partial charge >= 0.3 is 5.97 Å². The zero-order valence-electron chi connectivity index (χ0n) is 11.8.